The van der Waals surface area contributed by atoms with Gasteiger partial charge in [0, 0.05) is 45.1 Å². The molecule has 0 saturated carbocycles. The third-order valence-electron chi connectivity index (χ3n) is 4.37. The Kier molecular flexibility index (Phi) is 6.14. The molecule has 0 aliphatic rings. The molecular formula is C21H24N4O. The lowest BCUT2D eigenvalue weighted by Gasteiger charge is -2.23. The van der Waals surface area contributed by atoms with Gasteiger partial charge in [-0.2, -0.15) is 5.10 Å². The van der Waals surface area contributed by atoms with Crippen LogP contribution in [0.3, 0.4) is 0 Å². The maximum atomic E-state index is 12.8. The van der Waals surface area contributed by atoms with Gasteiger partial charge in [-0.3, -0.25) is 14.5 Å². The Morgan fingerprint density at radius 1 is 1.00 bits per heavy atom. The van der Waals surface area contributed by atoms with Crippen molar-refractivity contribution in [3.63, 3.8) is 0 Å². The van der Waals surface area contributed by atoms with Crippen molar-refractivity contribution in [3.05, 3.63) is 83.9 Å². The minimum atomic E-state index is 0.168. The quantitative estimate of drug-likeness (QED) is 0.629. The van der Waals surface area contributed by atoms with Gasteiger partial charge in [0.05, 0.1) is 6.20 Å². The molecule has 3 aromatic rings. The Bertz CT molecular complexity index is 814. The zero-order chi connectivity index (χ0) is 18.2. The molecular weight excluding hydrogens is 324 g/mol. The molecule has 26 heavy (non-hydrogen) atoms. The van der Waals surface area contributed by atoms with Gasteiger partial charge in [0.2, 0.25) is 5.91 Å². The van der Waals surface area contributed by atoms with Crippen LogP contribution in [0.4, 0.5) is 0 Å². The highest BCUT2D eigenvalue weighted by Gasteiger charge is 2.14. The lowest BCUT2D eigenvalue weighted by atomic mass is 10.1. The van der Waals surface area contributed by atoms with Gasteiger partial charge in [0.25, 0.3) is 0 Å². The first-order valence-electron chi connectivity index (χ1n) is 8.89. The van der Waals surface area contributed by atoms with E-state index in [4.69, 9.17) is 0 Å². The van der Waals surface area contributed by atoms with Crippen molar-refractivity contribution in [3.8, 4) is 0 Å². The van der Waals surface area contributed by atoms with Crippen LogP contribution >= 0.6 is 0 Å². The van der Waals surface area contributed by atoms with Crippen molar-refractivity contribution in [2.45, 2.75) is 25.8 Å². The third-order valence-corrected chi connectivity index (χ3v) is 4.37. The lowest BCUT2D eigenvalue weighted by molar-refractivity contribution is -0.131. The predicted octanol–water partition coefficient (Wildman–Crippen LogP) is 3.02. The van der Waals surface area contributed by atoms with Crippen molar-refractivity contribution in [2.75, 3.05) is 6.54 Å². The minimum Gasteiger partial charge on any atom is -0.338 e. The summed E-state index contributed by atoms with van der Waals surface area (Å²) in [5.41, 5.74) is 3.43. The fraction of sp³-hybridized carbons (Fsp3) is 0.286. The van der Waals surface area contributed by atoms with Crippen LogP contribution in [0.15, 0.2) is 67.3 Å². The number of hydrogen-bond donors (Lipinski definition) is 0. The van der Waals surface area contributed by atoms with E-state index in [-0.39, 0.29) is 5.91 Å². The molecule has 0 fully saturated rings. The maximum absolute atomic E-state index is 12.8. The fourth-order valence-electron chi connectivity index (χ4n) is 2.92. The Hall–Kier alpha value is -2.95. The number of carbonyl (C=O) groups excluding carboxylic acids is 1. The van der Waals surface area contributed by atoms with E-state index in [0.29, 0.717) is 25.9 Å². The number of pyridine rings is 1. The Labute approximate surface area is 154 Å². The second-order valence-electron chi connectivity index (χ2n) is 6.43. The van der Waals surface area contributed by atoms with Gasteiger partial charge in [-0.1, -0.05) is 30.3 Å². The van der Waals surface area contributed by atoms with Crippen LogP contribution in [-0.2, 0) is 31.2 Å². The second-order valence-corrected chi connectivity index (χ2v) is 6.43. The lowest BCUT2D eigenvalue weighted by Crippen LogP contribution is -2.32. The number of amides is 1. The first kappa shape index (κ1) is 17.9. The highest BCUT2D eigenvalue weighted by molar-refractivity contribution is 5.76. The molecule has 134 valence electrons. The molecule has 0 aliphatic heterocycles. The summed E-state index contributed by atoms with van der Waals surface area (Å²) in [7, 11) is 1.89. The van der Waals surface area contributed by atoms with Crippen molar-refractivity contribution >= 4 is 5.91 Å². The Morgan fingerprint density at radius 3 is 2.46 bits per heavy atom. The first-order valence-corrected chi connectivity index (χ1v) is 8.89. The number of rotatable bonds is 8. The highest BCUT2D eigenvalue weighted by Crippen LogP contribution is 2.10. The van der Waals surface area contributed by atoms with Crippen molar-refractivity contribution in [1.29, 1.82) is 0 Å². The van der Waals surface area contributed by atoms with E-state index in [1.807, 2.05) is 54.7 Å². The Morgan fingerprint density at radius 2 is 1.77 bits per heavy atom. The normalized spacial score (nSPS) is 10.7. The smallest absolute Gasteiger partial charge is 0.223 e. The summed E-state index contributed by atoms with van der Waals surface area (Å²) in [6.07, 6.45) is 9.38. The van der Waals surface area contributed by atoms with E-state index in [0.717, 1.165) is 17.5 Å². The van der Waals surface area contributed by atoms with E-state index in [9.17, 15) is 4.79 Å². The molecule has 0 N–H and O–H groups in total. The molecule has 1 amide bonds. The summed E-state index contributed by atoms with van der Waals surface area (Å²) in [6.45, 7) is 1.32. The summed E-state index contributed by atoms with van der Waals surface area (Å²) < 4.78 is 1.77. The number of aromatic nitrogens is 3. The van der Waals surface area contributed by atoms with Crippen LogP contribution in [0.25, 0.3) is 0 Å². The SMILES string of the molecule is Cn1cc(CCC(=O)N(CCc2ccccc2)Cc2ccncc2)cn1. The molecule has 5 heteroatoms. The average Bonchev–Trinajstić information content (AvgIpc) is 3.10. The van der Waals surface area contributed by atoms with Crippen LogP contribution in [0.5, 0.6) is 0 Å². The van der Waals surface area contributed by atoms with E-state index in [1.165, 1.54) is 5.56 Å². The zero-order valence-electron chi connectivity index (χ0n) is 15.1. The number of aryl methyl sites for hydroxylation is 2. The van der Waals surface area contributed by atoms with Crippen molar-refractivity contribution < 1.29 is 4.79 Å². The molecule has 0 saturated heterocycles. The molecule has 3 rings (SSSR count). The van der Waals surface area contributed by atoms with E-state index >= 15 is 0 Å². The molecule has 0 atom stereocenters. The highest BCUT2D eigenvalue weighted by atomic mass is 16.2. The standard InChI is InChI=1S/C21H24N4O/c1-24-16-20(15-23-24)7-8-21(26)25(17-19-9-12-22-13-10-19)14-11-18-5-3-2-4-6-18/h2-6,9-10,12-13,15-16H,7-8,11,14,17H2,1H3. The summed E-state index contributed by atoms with van der Waals surface area (Å²) in [5.74, 6) is 0.168. The number of carbonyl (C=O) groups is 1. The van der Waals surface area contributed by atoms with Crippen LogP contribution in [0.2, 0.25) is 0 Å². The molecule has 2 aromatic heterocycles. The predicted molar refractivity (Wildman–Crippen MR) is 101 cm³/mol. The van der Waals surface area contributed by atoms with Gasteiger partial charge >= 0.3 is 0 Å². The largest absolute Gasteiger partial charge is 0.338 e. The molecule has 2 heterocycles. The molecule has 0 spiro atoms. The molecule has 1 aromatic carbocycles. The van der Waals surface area contributed by atoms with Gasteiger partial charge < -0.3 is 4.90 Å². The number of hydrogen-bond acceptors (Lipinski definition) is 3. The van der Waals surface area contributed by atoms with E-state index in [1.54, 1.807) is 17.1 Å². The van der Waals surface area contributed by atoms with Crippen molar-refractivity contribution in [2.24, 2.45) is 7.05 Å². The van der Waals surface area contributed by atoms with Crippen LogP contribution in [0.1, 0.15) is 23.1 Å². The molecule has 0 bridgehead atoms. The molecule has 0 aliphatic carbocycles. The fourth-order valence-corrected chi connectivity index (χ4v) is 2.92. The van der Waals surface area contributed by atoms with Gasteiger partial charge in [0.1, 0.15) is 0 Å². The topological polar surface area (TPSA) is 51.0 Å². The van der Waals surface area contributed by atoms with Gasteiger partial charge in [-0.25, -0.2) is 0 Å². The zero-order valence-corrected chi connectivity index (χ0v) is 15.1. The summed E-state index contributed by atoms with van der Waals surface area (Å²) >= 11 is 0. The van der Waals surface area contributed by atoms with Crippen LogP contribution in [-0.4, -0.2) is 32.1 Å². The van der Waals surface area contributed by atoms with Crippen LogP contribution < -0.4 is 0 Å². The van der Waals surface area contributed by atoms with Crippen LogP contribution in [0, 0.1) is 0 Å². The summed E-state index contributed by atoms with van der Waals surface area (Å²) in [5, 5.41) is 4.17. The molecule has 5 nitrogen and oxygen atoms in total. The summed E-state index contributed by atoms with van der Waals surface area (Å²) in [6, 6.07) is 14.2. The van der Waals surface area contributed by atoms with Gasteiger partial charge in [0.15, 0.2) is 0 Å². The number of benzene rings is 1. The monoisotopic (exact) mass is 348 g/mol. The van der Waals surface area contributed by atoms with Gasteiger partial charge in [-0.05, 0) is 41.7 Å². The average molecular weight is 348 g/mol. The summed E-state index contributed by atoms with van der Waals surface area (Å²) in [4.78, 5) is 18.8. The Balaban J connectivity index is 1.63. The molecule has 0 unspecified atom stereocenters. The third kappa shape index (κ3) is 5.28. The van der Waals surface area contributed by atoms with Crippen molar-refractivity contribution in [1.82, 2.24) is 19.7 Å². The van der Waals surface area contributed by atoms with E-state index in [2.05, 4.69) is 22.2 Å². The minimum absolute atomic E-state index is 0.168. The van der Waals surface area contributed by atoms with Gasteiger partial charge in [-0.15, -0.1) is 0 Å². The first-order chi connectivity index (χ1) is 12.7. The second kappa shape index (κ2) is 8.94. The molecule has 0 radical (unpaired) electrons. The number of nitrogens with zero attached hydrogens (tertiary/aromatic N) is 4. The maximum Gasteiger partial charge on any atom is 0.223 e. The van der Waals surface area contributed by atoms with E-state index < -0.39 is 0 Å².